The molecule has 1 aromatic carbocycles. The number of oxime groups is 1. The van der Waals surface area contributed by atoms with Gasteiger partial charge in [0.2, 0.25) is 0 Å². The van der Waals surface area contributed by atoms with Crippen molar-refractivity contribution in [1.29, 1.82) is 0 Å². The van der Waals surface area contributed by atoms with Gasteiger partial charge in [0.25, 0.3) is 0 Å². The fraction of sp³-hybridized carbons (Fsp3) is 0. The Balaban J connectivity index is 2.28. The third-order valence-corrected chi connectivity index (χ3v) is 1.79. The molecule has 1 aromatic heterocycles. The van der Waals surface area contributed by atoms with Gasteiger partial charge < -0.3 is 9.94 Å². The zero-order valence-electron chi connectivity index (χ0n) is 8.19. The summed E-state index contributed by atoms with van der Waals surface area (Å²) in [7, 11) is 0. The van der Waals surface area contributed by atoms with E-state index in [1.165, 1.54) is 18.9 Å². The Morgan fingerprint density at radius 2 is 1.94 bits per heavy atom. The molecule has 0 aliphatic rings. The molecule has 0 fully saturated rings. The van der Waals surface area contributed by atoms with Crippen molar-refractivity contribution in [2.24, 2.45) is 5.16 Å². The fourth-order valence-electron chi connectivity index (χ4n) is 1.12. The second-order valence-electron chi connectivity index (χ2n) is 2.81. The van der Waals surface area contributed by atoms with Crippen molar-refractivity contribution in [1.82, 2.24) is 15.0 Å². The summed E-state index contributed by atoms with van der Waals surface area (Å²) < 4.78 is 5.40. The molecule has 0 bridgehead atoms. The predicted octanol–water partition coefficient (Wildman–Crippen LogP) is 1.47. The number of aromatic nitrogens is 3. The summed E-state index contributed by atoms with van der Waals surface area (Å²) in [6, 6.07) is 7.26. The van der Waals surface area contributed by atoms with Crippen molar-refractivity contribution in [3.63, 3.8) is 0 Å². The number of benzene rings is 1. The van der Waals surface area contributed by atoms with Gasteiger partial charge in [0.05, 0.1) is 6.21 Å². The van der Waals surface area contributed by atoms with Gasteiger partial charge in [0.15, 0.2) is 0 Å². The van der Waals surface area contributed by atoms with Gasteiger partial charge in [-0.05, 0) is 12.1 Å². The minimum absolute atomic E-state index is 0.189. The zero-order chi connectivity index (χ0) is 11.2. The van der Waals surface area contributed by atoms with Crippen LogP contribution >= 0.6 is 0 Å². The zero-order valence-corrected chi connectivity index (χ0v) is 8.19. The van der Waals surface area contributed by atoms with E-state index in [0.29, 0.717) is 11.3 Å². The quantitative estimate of drug-likeness (QED) is 0.477. The molecule has 80 valence electrons. The molecule has 0 spiro atoms. The van der Waals surface area contributed by atoms with Crippen molar-refractivity contribution < 1.29 is 9.94 Å². The van der Waals surface area contributed by atoms with Crippen LogP contribution in [0.25, 0.3) is 0 Å². The molecule has 2 rings (SSSR count). The minimum Gasteiger partial charge on any atom is -0.424 e. The normalized spacial score (nSPS) is 10.5. The molecule has 2 aromatic rings. The number of nitrogens with zero attached hydrogens (tertiary/aromatic N) is 4. The van der Waals surface area contributed by atoms with Crippen molar-refractivity contribution in [3.05, 3.63) is 42.5 Å². The molecular weight excluding hydrogens is 208 g/mol. The number of para-hydroxylation sites is 1. The highest BCUT2D eigenvalue weighted by atomic mass is 16.5. The van der Waals surface area contributed by atoms with Gasteiger partial charge in [-0.1, -0.05) is 17.3 Å². The van der Waals surface area contributed by atoms with Crippen molar-refractivity contribution in [2.75, 3.05) is 0 Å². The minimum atomic E-state index is 0.189. The highest BCUT2D eigenvalue weighted by Gasteiger charge is 2.03. The van der Waals surface area contributed by atoms with E-state index in [1.807, 2.05) is 0 Å². The van der Waals surface area contributed by atoms with E-state index in [9.17, 15) is 0 Å². The van der Waals surface area contributed by atoms with Crippen LogP contribution in [0.5, 0.6) is 11.8 Å². The molecule has 0 saturated heterocycles. The van der Waals surface area contributed by atoms with E-state index in [0.717, 1.165) is 0 Å². The van der Waals surface area contributed by atoms with Crippen LogP contribution in [0.1, 0.15) is 5.56 Å². The molecular formula is C10H8N4O2. The van der Waals surface area contributed by atoms with E-state index in [1.54, 1.807) is 24.3 Å². The average molecular weight is 216 g/mol. The molecule has 0 aliphatic carbocycles. The standard InChI is InChI=1S/C10H8N4O2/c15-14-5-8-3-1-2-4-9(8)16-10-12-6-11-7-13-10/h1-7,15H. The molecule has 1 heterocycles. The van der Waals surface area contributed by atoms with Crippen molar-refractivity contribution in [2.45, 2.75) is 0 Å². The maximum Gasteiger partial charge on any atom is 0.324 e. The first-order valence-electron chi connectivity index (χ1n) is 4.46. The molecule has 0 aliphatic heterocycles. The summed E-state index contributed by atoms with van der Waals surface area (Å²) in [5, 5.41) is 11.4. The highest BCUT2D eigenvalue weighted by Crippen LogP contribution is 2.20. The maximum atomic E-state index is 8.48. The first-order chi connectivity index (χ1) is 7.90. The molecule has 0 saturated carbocycles. The predicted molar refractivity (Wildman–Crippen MR) is 55.7 cm³/mol. The Bertz CT molecular complexity index is 487. The van der Waals surface area contributed by atoms with Gasteiger partial charge >= 0.3 is 6.01 Å². The molecule has 0 radical (unpaired) electrons. The van der Waals surface area contributed by atoms with Gasteiger partial charge in [-0.3, -0.25) is 0 Å². The third kappa shape index (κ3) is 2.30. The lowest BCUT2D eigenvalue weighted by atomic mass is 10.2. The van der Waals surface area contributed by atoms with Crippen LogP contribution in [0.2, 0.25) is 0 Å². The van der Waals surface area contributed by atoms with Crippen LogP contribution < -0.4 is 4.74 Å². The first kappa shape index (κ1) is 10.0. The Labute approximate surface area is 91.3 Å². The SMILES string of the molecule is ON=Cc1ccccc1Oc1ncncn1. The second kappa shape index (κ2) is 4.83. The molecule has 0 amide bonds. The molecule has 1 N–H and O–H groups in total. The van der Waals surface area contributed by atoms with E-state index < -0.39 is 0 Å². The summed E-state index contributed by atoms with van der Waals surface area (Å²) in [5.74, 6) is 0.506. The topological polar surface area (TPSA) is 80.5 Å². The van der Waals surface area contributed by atoms with Crippen molar-refractivity contribution >= 4 is 6.21 Å². The molecule has 6 heteroatoms. The van der Waals surface area contributed by atoms with Gasteiger partial charge in [-0.15, -0.1) is 0 Å². The smallest absolute Gasteiger partial charge is 0.324 e. The molecule has 0 atom stereocenters. The van der Waals surface area contributed by atoms with E-state index in [2.05, 4.69) is 20.1 Å². The van der Waals surface area contributed by atoms with Crippen LogP contribution in [0.4, 0.5) is 0 Å². The summed E-state index contributed by atoms with van der Waals surface area (Å²) >= 11 is 0. The Morgan fingerprint density at radius 3 is 2.69 bits per heavy atom. The largest absolute Gasteiger partial charge is 0.424 e. The van der Waals surface area contributed by atoms with Crippen molar-refractivity contribution in [3.8, 4) is 11.8 Å². The van der Waals surface area contributed by atoms with E-state index >= 15 is 0 Å². The molecule has 16 heavy (non-hydrogen) atoms. The van der Waals surface area contributed by atoms with Crippen LogP contribution in [0, 0.1) is 0 Å². The van der Waals surface area contributed by atoms with Crippen LogP contribution in [0.3, 0.4) is 0 Å². The summed E-state index contributed by atoms with van der Waals surface area (Å²) in [6.45, 7) is 0. The van der Waals surface area contributed by atoms with Gasteiger partial charge in [0, 0.05) is 5.56 Å². The maximum absolute atomic E-state index is 8.48. The van der Waals surface area contributed by atoms with Crippen LogP contribution in [-0.4, -0.2) is 26.4 Å². The monoisotopic (exact) mass is 216 g/mol. The van der Waals surface area contributed by atoms with Gasteiger partial charge in [-0.2, -0.15) is 9.97 Å². The highest BCUT2D eigenvalue weighted by molar-refractivity contribution is 5.83. The van der Waals surface area contributed by atoms with Gasteiger partial charge in [0.1, 0.15) is 18.4 Å². The molecule has 6 nitrogen and oxygen atoms in total. The Kier molecular flexibility index (Phi) is 3.03. The van der Waals surface area contributed by atoms with E-state index in [-0.39, 0.29) is 6.01 Å². The summed E-state index contributed by atoms with van der Waals surface area (Å²) in [6.07, 6.45) is 3.95. The first-order valence-corrected chi connectivity index (χ1v) is 4.46. The number of hydrogen-bond donors (Lipinski definition) is 1. The Morgan fingerprint density at radius 1 is 1.19 bits per heavy atom. The fourth-order valence-corrected chi connectivity index (χ4v) is 1.12. The third-order valence-electron chi connectivity index (χ3n) is 1.79. The summed E-state index contributed by atoms with van der Waals surface area (Å²) in [4.78, 5) is 11.3. The molecule has 0 unspecified atom stereocenters. The number of hydrogen-bond acceptors (Lipinski definition) is 6. The number of ether oxygens (including phenoxy) is 1. The lowest BCUT2D eigenvalue weighted by Gasteiger charge is -2.04. The average Bonchev–Trinajstić information content (AvgIpc) is 2.33. The number of rotatable bonds is 3. The van der Waals surface area contributed by atoms with Gasteiger partial charge in [-0.25, -0.2) is 4.98 Å². The lowest BCUT2D eigenvalue weighted by Crippen LogP contribution is -1.94. The lowest BCUT2D eigenvalue weighted by molar-refractivity contribution is 0.321. The van der Waals surface area contributed by atoms with Crippen LogP contribution in [-0.2, 0) is 0 Å². The Hall–Kier alpha value is -2.50. The summed E-state index contributed by atoms with van der Waals surface area (Å²) in [5.41, 5.74) is 0.630. The second-order valence-corrected chi connectivity index (χ2v) is 2.81. The van der Waals surface area contributed by atoms with Crippen LogP contribution in [0.15, 0.2) is 42.1 Å². The van der Waals surface area contributed by atoms with E-state index in [4.69, 9.17) is 9.94 Å².